The van der Waals surface area contributed by atoms with Gasteiger partial charge >= 0.3 is 0 Å². The minimum Gasteiger partial charge on any atom is -0.366 e. The van der Waals surface area contributed by atoms with Gasteiger partial charge in [-0.3, -0.25) is 0 Å². The fraction of sp³-hybridized carbons (Fsp3) is 0.647. The molecule has 1 heteroatoms. The van der Waals surface area contributed by atoms with Gasteiger partial charge in [0, 0.05) is 11.8 Å². The smallest absolute Gasteiger partial charge is 0.100 e. The summed E-state index contributed by atoms with van der Waals surface area (Å²) >= 11 is 0. The van der Waals surface area contributed by atoms with Crippen molar-refractivity contribution in [3.05, 3.63) is 35.9 Å². The van der Waals surface area contributed by atoms with Gasteiger partial charge in [0.2, 0.25) is 0 Å². The van der Waals surface area contributed by atoms with Crippen LogP contribution in [0.1, 0.15) is 12.0 Å². The van der Waals surface area contributed by atoms with Crippen LogP contribution in [0.5, 0.6) is 0 Å². The Morgan fingerprint density at radius 1 is 0.889 bits per heavy atom. The fourth-order valence-electron chi connectivity index (χ4n) is 8.17. The maximum Gasteiger partial charge on any atom is 0.100 e. The first-order chi connectivity index (χ1) is 8.93. The van der Waals surface area contributed by atoms with Crippen molar-refractivity contribution in [2.45, 2.75) is 18.1 Å². The first-order valence-electron chi connectivity index (χ1n) is 7.66. The predicted octanol–water partition coefficient (Wildman–Crippen LogP) is 2.67. The van der Waals surface area contributed by atoms with Gasteiger partial charge in [0.25, 0.3) is 0 Å². The second-order valence-electron chi connectivity index (χ2n) is 7.67. The van der Waals surface area contributed by atoms with Gasteiger partial charge in [-0.25, -0.2) is 0 Å². The molecule has 4 bridgehead atoms. The lowest BCUT2D eigenvalue weighted by molar-refractivity contribution is -0.0356. The van der Waals surface area contributed by atoms with E-state index >= 15 is 0 Å². The van der Waals surface area contributed by atoms with Crippen LogP contribution >= 0.6 is 0 Å². The number of hydrogen-bond donors (Lipinski definition) is 0. The lowest BCUT2D eigenvalue weighted by atomic mass is 9.56. The average Bonchev–Trinajstić information content (AvgIpc) is 3.01. The number of hydrogen-bond acceptors (Lipinski definition) is 1. The van der Waals surface area contributed by atoms with Crippen LogP contribution in [-0.2, 0) is 10.3 Å². The van der Waals surface area contributed by atoms with Crippen LogP contribution < -0.4 is 0 Å². The van der Waals surface area contributed by atoms with Gasteiger partial charge in [0.1, 0.15) is 5.60 Å². The molecule has 0 radical (unpaired) electrons. The minimum atomic E-state index is 0.179. The molecule has 5 saturated carbocycles. The Balaban J connectivity index is 1.58. The zero-order valence-corrected chi connectivity index (χ0v) is 10.2. The second-order valence-corrected chi connectivity index (χ2v) is 7.67. The topological polar surface area (TPSA) is 9.23 Å². The fourth-order valence-corrected chi connectivity index (χ4v) is 8.17. The molecule has 0 unspecified atom stereocenters. The molecule has 8 rings (SSSR count). The Kier molecular flexibility index (Phi) is 0.975. The quantitative estimate of drug-likeness (QED) is 0.728. The molecule has 7 fully saturated rings. The summed E-state index contributed by atoms with van der Waals surface area (Å²) in [7, 11) is 0. The van der Waals surface area contributed by atoms with Gasteiger partial charge in [0.05, 0.1) is 6.10 Å². The van der Waals surface area contributed by atoms with Crippen LogP contribution in [0.25, 0.3) is 0 Å². The van der Waals surface area contributed by atoms with E-state index in [1.165, 1.54) is 5.56 Å². The van der Waals surface area contributed by atoms with Crippen LogP contribution in [0, 0.1) is 47.3 Å². The monoisotopic (exact) mass is 236 g/mol. The molecule has 10 atom stereocenters. The Labute approximate surface area is 107 Å². The average molecular weight is 236 g/mol. The highest BCUT2D eigenvalue weighted by Gasteiger charge is 2.92. The SMILES string of the molecule is c1ccc([C@@]23O[C@H]4[C@@H]5[C@@H]6[C@H]7C[C@@H]([C@@H]6[C@@H]52)[C@@H]3[C@H]74)cc1. The third-order valence-electron chi connectivity index (χ3n) is 7.93. The molecule has 2 heterocycles. The van der Waals surface area contributed by atoms with Crippen LogP contribution in [-0.4, -0.2) is 6.10 Å². The summed E-state index contributed by atoms with van der Waals surface area (Å²) < 4.78 is 6.74. The van der Waals surface area contributed by atoms with Gasteiger partial charge in [-0.15, -0.1) is 0 Å². The standard InChI is InChI=1S/C17H16O/c1-2-4-7(5-3-1)17-14-9-6-8-10-11(9)15(17)13(10)16(18-17)12(8)14/h1-5,8-16H,6H2/t8-,9+,10-,11+,12+,13-,14-,15+,16-,17+/m1/s1. The van der Waals surface area contributed by atoms with Gasteiger partial charge in [0.15, 0.2) is 0 Å². The molecular formula is C17H16O. The largest absolute Gasteiger partial charge is 0.366 e. The van der Waals surface area contributed by atoms with Crippen molar-refractivity contribution < 1.29 is 4.74 Å². The third kappa shape index (κ3) is 0.499. The molecule has 90 valence electrons. The molecule has 7 aliphatic rings. The van der Waals surface area contributed by atoms with E-state index in [4.69, 9.17) is 4.74 Å². The summed E-state index contributed by atoms with van der Waals surface area (Å²) in [4.78, 5) is 0. The summed E-state index contributed by atoms with van der Waals surface area (Å²) in [6.07, 6.45) is 2.23. The minimum absolute atomic E-state index is 0.179. The molecule has 0 aromatic heterocycles. The highest BCUT2D eigenvalue weighted by Crippen LogP contribution is 2.92. The summed E-state index contributed by atoms with van der Waals surface area (Å²) in [5, 5.41) is 0. The van der Waals surface area contributed by atoms with Crippen molar-refractivity contribution in [2.75, 3.05) is 0 Å². The van der Waals surface area contributed by atoms with Crippen molar-refractivity contribution in [3.8, 4) is 0 Å². The Hall–Kier alpha value is -0.820. The van der Waals surface area contributed by atoms with Crippen molar-refractivity contribution in [3.63, 3.8) is 0 Å². The number of benzene rings is 1. The van der Waals surface area contributed by atoms with E-state index in [0.717, 1.165) is 47.3 Å². The maximum absolute atomic E-state index is 6.74. The molecule has 0 N–H and O–H groups in total. The second kappa shape index (κ2) is 2.10. The third-order valence-corrected chi connectivity index (χ3v) is 7.93. The van der Waals surface area contributed by atoms with Crippen molar-refractivity contribution >= 4 is 0 Å². The van der Waals surface area contributed by atoms with E-state index < -0.39 is 0 Å². The Bertz CT molecular complexity index is 585. The van der Waals surface area contributed by atoms with Gasteiger partial charge in [-0.1, -0.05) is 30.3 Å². The molecule has 2 saturated heterocycles. The summed E-state index contributed by atoms with van der Waals surface area (Å²) in [5.41, 5.74) is 1.70. The van der Waals surface area contributed by atoms with Crippen molar-refractivity contribution in [1.29, 1.82) is 0 Å². The van der Waals surface area contributed by atoms with Crippen LogP contribution in [0.2, 0.25) is 0 Å². The zero-order chi connectivity index (χ0) is 11.2. The zero-order valence-electron chi connectivity index (χ0n) is 10.2. The molecule has 0 amide bonds. The molecule has 1 nitrogen and oxygen atoms in total. The van der Waals surface area contributed by atoms with Gasteiger partial charge < -0.3 is 4.74 Å². The molecule has 2 aliphatic heterocycles. The lowest BCUT2D eigenvalue weighted by Crippen LogP contribution is -2.47. The highest BCUT2D eigenvalue weighted by atomic mass is 16.5. The Morgan fingerprint density at radius 3 is 2.67 bits per heavy atom. The lowest BCUT2D eigenvalue weighted by Gasteiger charge is -2.46. The summed E-state index contributed by atoms with van der Waals surface area (Å²) in [5.74, 6) is 8.01. The highest BCUT2D eigenvalue weighted by molar-refractivity contribution is 5.44. The number of ether oxygens (including phenoxy) is 1. The molecule has 0 spiro atoms. The first kappa shape index (κ1) is 8.37. The predicted molar refractivity (Wildman–Crippen MR) is 65.5 cm³/mol. The molecule has 1 aromatic rings. The Morgan fingerprint density at radius 2 is 1.78 bits per heavy atom. The normalized spacial score (nSPS) is 70.6. The van der Waals surface area contributed by atoms with E-state index in [9.17, 15) is 0 Å². The van der Waals surface area contributed by atoms with Crippen molar-refractivity contribution in [2.24, 2.45) is 47.3 Å². The van der Waals surface area contributed by atoms with E-state index in [1.54, 1.807) is 6.42 Å². The van der Waals surface area contributed by atoms with Crippen LogP contribution in [0.3, 0.4) is 0 Å². The van der Waals surface area contributed by atoms with E-state index in [2.05, 4.69) is 30.3 Å². The molecule has 5 aliphatic carbocycles. The maximum atomic E-state index is 6.74. The van der Waals surface area contributed by atoms with Crippen LogP contribution in [0.4, 0.5) is 0 Å². The first-order valence-corrected chi connectivity index (χ1v) is 7.66. The van der Waals surface area contributed by atoms with Gasteiger partial charge in [-0.05, 0) is 47.5 Å². The van der Waals surface area contributed by atoms with E-state index in [0.29, 0.717) is 6.10 Å². The van der Waals surface area contributed by atoms with E-state index in [-0.39, 0.29) is 5.60 Å². The molecule has 18 heavy (non-hydrogen) atoms. The molecule has 1 aromatic carbocycles. The van der Waals surface area contributed by atoms with Crippen molar-refractivity contribution in [1.82, 2.24) is 0 Å². The molecular weight excluding hydrogens is 220 g/mol. The summed E-state index contributed by atoms with van der Waals surface area (Å²) in [6, 6.07) is 11.2. The summed E-state index contributed by atoms with van der Waals surface area (Å²) in [6.45, 7) is 0. The van der Waals surface area contributed by atoms with E-state index in [1.807, 2.05) is 0 Å². The number of rotatable bonds is 1. The van der Waals surface area contributed by atoms with Gasteiger partial charge in [-0.2, -0.15) is 0 Å². The van der Waals surface area contributed by atoms with Crippen LogP contribution in [0.15, 0.2) is 30.3 Å².